The Morgan fingerprint density at radius 2 is 1.93 bits per heavy atom. The molecule has 2 aromatic heterocycles. The number of carbonyl (C=O) groups excluding carboxylic acids is 1. The van der Waals surface area contributed by atoms with Gasteiger partial charge in [-0.3, -0.25) is 9.78 Å². The quantitative estimate of drug-likeness (QED) is 0.831. The number of hydrogen-bond acceptors (Lipinski definition) is 7. The number of amides is 1. The standard InChI is InChI=1S/C19H24N4O4/c1-12-16(5-4-10-20-12)27-14-8-6-13(7-9-14)21-18(24)15-11-17(25-2)23-19(22-15)26-3/h4-5,10-11,13-14H,6-9H2,1-3H3,(H,21,24). The Hall–Kier alpha value is -2.90. The Labute approximate surface area is 158 Å². The van der Waals surface area contributed by atoms with Gasteiger partial charge in [-0.05, 0) is 44.7 Å². The maximum atomic E-state index is 12.5. The summed E-state index contributed by atoms with van der Waals surface area (Å²) in [7, 11) is 2.93. The first-order valence-corrected chi connectivity index (χ1v) is 8.95. The lowest BCUT2D eigenvalue weighted by Gasteiger charge is -2.29. The summed E-state index contributed by atoms with van der Waals surface area (Å²) >= 11 is 0. The zero-order chi connectivity index (χ0) is 19.2. The molecule has 1 aliphatic carbocycles. The zero-order valence-electron chi connectivity index (χ0n) is 15.8. The first-order valence-electron chi connectivity index (χ1n) is 8.95. The Bertz CT molecular complexity index is 769. The number of pyridine rings is 1. The molecule has 0 spiro atoms. The van der Waals surface area contributed by atoms with E-state index in [-0.39, 0.29) is 35.6 Å². The highest BCUT2D eigenvalue weighted by molar-refractivity contribution is 5.92. The number of aromatic nitrogens is 3. The summed E-state index contributed by atoms with van der Waals surface area (Å²) in [5.74, 6) is 0.850. The molecule has 0 unspecified atom stereocenters. The van der Waals surface area contributed by atoms with Crippen LogP contribution in [0.1, 0.15) is 41.9 Å². The van der Waals surface area contributed by atoms with Crippen molar-refractivity contribution in [2.24, 2.45) is 0 Å². The van der Waals surface area contributed by atoms with Crippen LogP contribution in [0, 0.1) is 6.92 Å². The lowest BCUT2D eigenvalue weighted by molar-refractivity contribution is 0.0886. The van der Waals surface area contributed by atoms with Crippen LogP contribution < -0.4 is 19.5 Å². The first-order chi connectivity index (χ1) is 13.1. The van der Waals surface area contributed by atoms with Crippen molar-refractivity contribution in [2.45, 2.75) is 44.8 Å². The maximum absolute atomic E-state index is 12.5. The smallest absolute Gasteiger partial charge is 0.320 e. The van der Waals surface area contributed by atoms with E-state index in [4.69, 9.17) is 14.2 Å². The van der Waals surface area contributed by atoms with E-state index in [2.05, 4.69) is 20.3 Å². The molecule has 8 heteroatoms. The second kappa shape index (κ2) is 8.66. The van der Waals surface area contributed by atoms with Crippen LogP contribution in [0.4, 0.5) is 0 Å². The molecule has 0 radical (unpaired) electrons. The third kappa shape index (κ3) is 4.84. The number of aryl methyl sites for hydroxylation is 1. The topological polar surface area (TPSA) is 95.5 Å². The Morgan fingerprint density at radius 3 is 2.59 bits per heavy atom. The van der Waals surface area contributed by atoms with E-state index in [1.807, 2.05) is 19.1 Å². The number of carbonyl (C=O) groups is 1. The van der Waals surface area contributed by atoms with Gasteiger partial charge in [-0.1, -0.05) is 0 Å². The molecule has 0 bridgehead atoms. The fourth-order valence-electron chi connectivity index (χ4n) is 3.07. The van der Waals surface area contributed by atoms with Gasteiger partial charge >= 0.3 is 6.01 Å². The Balaban J connectivity index is 1.54. The molecule has 2 heterocycles. The molecule has 27 heavy (non-hydrogen) atoms. The second-order valence-corrected chi connectivity index (χ2v) is 6.43. The van der Waals surface area contributed by atoms with Crippen LogP contribution in [0.2, 0.25) is 0 Å². The molecule has 1 amide bonds. The molecule has 2 aromatic rings. The van der Waals surface area contributed by atoms with Crippen molar-refractivity contribution in [2.75, 3.05) is 14.2 Å². The van der Waals surface area contributed by atoms with Crippen LogP contribution in [-0.4, -0.2) is 47.2 Å². The lowest BCUT2D eigenvalue weighted by Crippen LogP contribution is -2.40. The Morgan fingerprint density at radius 1 is 1.15 bits per heavy atom. The minimum absolute atomic E-state index is 0.0827. The number of rotatable bonds is 6. The van der Waals surface area contributed by atoms with Crippen LogP contribution in [0.5, 0.6) is 17.6 Å². The summed E-state index contributed by atoms with van der Waals surface area (Å²) in [5, 5.41) is 3.03. The van der Waals surface area contributed by atoms with Gasteiger partial charge in [0.25, 0.3) is 5.91 Å². The average Bonchev–Trinajstić information content (AvgIpc) is 2.70. The van der Waals surface area contributed by atoms with E-state index in [9.17, 15) is 4.79 Å². The van der Waals surface area contributed by atoms with Crippen molar-refractivity contribution in [1.29, 1.82) is 0 Å². The fourth-order valence-corrected chi connectivity index (χ4v) is 3.07. The normalized spacial score (nSPS) is 19.2. The van der Waals surface area contributed by atoms with E-state index >= 15 is 0 Å². The van der Waals surface area contributed by atoms with E-state index in [1.54, 1.807) is 6.20 Å². The summed E-state index contributed by atoms with van der Waals surface area (Å²) in [5.41, 5.74) is 1.11. The molecule has 1 saturated carbocycles. The molecule has 1 aliphatic rings. The van der Waals surface area contributed by atoms with Crippen LogP contribution in [-0.2, 0) is 0 Å². The highest BCUT2D eigenvalue weighted by Crippen LogP contribution is 2.25. The van der Waals surface area contributed by atoms with Crippen LogP contribution in [0.15, 0.2) is 24.4 Å². The highest BCUT2D eigenvalue weighted by atomic mass is 16.5. The minimum Gasteiger partial charge on any atom is -0.489 e. The summed E-state index contributed by atoms with van der Waals surface area (Å²) in [6.07, 6.45) is 5.32. The van der Waals surface area contributed by atoms with Gasteiger partial charge in [0, 0.05) is 18.3 Å². The van der Waals surface area contributed by atoms with Crippen LogP contribution >= 0.6 is 0 Å². The van der Waals surface area contributed by atoms with Gasteiger partial charge in [-0.2, -0.15) is 9.97 Å². The molecular weight excluding hydrogens is 348 g/mol. The third-order valence-electron chi connectivity index (χ3n) is 4.57. The number of methoxy groups -OCH3 is 2. The van der Waals surface area contributed by atoms with Gasteiger partial charge in [0.05, 0.1) is 26.0 Å². The molecule has 0 aromatic carbocycles. The first kappa shape index (κ1) is 18.9. The summed E-state index contributed by atoms with van der Waals surface area (Å²) in [6.45, 7) is 1.94. The van der Waals surface area contributed by atoms with Gasteiger partial charge in [0.2, 0.25) is 5.88 Å². The summed E-state index contributed by atoms with van der Waals surface area (Å²) < 4.78 is 16.2. The van der Waals surface area contributed by atoms with Crippen molar-refractivity contribution >= 4 is 5.91 Å². The van der Waals surface area contributed by atoms with Crippen molar-refractivity contribution in [3.05, 3.63) is 35.8 Å². The van der Waals surface area contributed by atoms with E-state index in [0.29, 0.717) is 0 Å². The minimum atomic E-state index is -0.263. The molecule has 0 atom stereocenters. The van der Waals surface area contributed by atoms with Gasteiger partial charge in [-0.25, -0.2) is 0 Å². The van der Waals surface area contributed by atoms with Crippen molar-refractivity contribution < 1.29 is 19.0 Å². The van der Waals surface area contributed by atoms with E-state index in [0.717, 1.165) is 37.1 Å². The molecule has 144 valence electrons. The highest BCUT2D eigenvalue weighted by Gasteiger charge is 2.25. The zero-order valence-corrected chi connectivity index (χ0v) is 15.8. The third-order valence-corrected chi connectivity index (χ3v) is 4.57. The number of nitrogens with zero attached hydrogens (tertiary/aromatic N) is 3. The molecular formula is C19H24N4O4. The van der Waals surface area contributed by atoms with Crippen molar-refractivity contribution in [3.63, 3.8) is 0 Å². The summed E-state index contributed by atoms with van der Waals surface area (Å²) in [6, 6.07) is 5.49. The fraction of sp³-hybridized carbons (Fsp3) is 0.474. The average molecular weight is 372 g/mol. The number of nitrogens with one attached hydrogen (secondary N) is 1. The molecule has 3 rings (SSSR count). The largest absolute Gasteiger partial charge is 0.489 e. The Kier molecular flexibility index (Phi) is 6.05. The number of hydrogen-bond donors (Lipinski definition) is 1. The van der Waals surface area contributed by atoms with Gasteiger partial charge in [0.1, 0.15) is 11.4 Å². The van der Waals surface area contributed by atoms with Gasteiger partial charge in [0.15, 0.2) is 0 Å². The lowest BCUT2D eigenvalue weighted by atomic mass is 9.92. The second-order valence-electron chi connectivity index (χ2n) is 6.43. The SMILES string of the molecule is COc1cc(C(=O)NC2CCC(Oc3cccnc3C)CC2)nc(OC)n1. The van der Waals surface area contributed by atoms with E-state index < -0.39 is 0 Å². The van der Waals surface area contributed by atoms with Gasteiger partial charge in [-0.15, -0.1) is 0 Å². The van der Waals surface area contributed by atoms with Crippen LogP contribution in [0.25, 0.3) is 0 Å². The predicted molar refractivity (Wildman–Crippen MR) is 98.2 cm³/mol. The monoisotopic (exact) mass is 372 g/mol. The molecule has 0 saturated heterocycles. The molecule has 1 N–H and O–H groups in total. The molecule has 1 fully saturated rings. The molecule has 0 aliphatic heterocycles. The van der Waals surface area contributed by atoms with Crippen molar-refractivity contribution in [3.8, 4) is 17.6 Å². The van der Waals surface area contributed by atoms with Crippen LogP contribution in [0.3, 0.4) is 0 Å². The molecule has 8 nitrogen and oxygen atoms in total. The summed E-state index contributed by atoms with van der Waals surface area (Å²) in [4.78, 5) is 24.8. The maximum Gasteiger partial charge on any atom is 0.320 e. The predicted octanol–water partition coefficient (Wildman–Crippen LogP) is 2.32. The van der Waals surface area contributed by atoms with E-state index in [1.165, 1.54) is 20.3 Å². The van der Waals surface area contributed by atoms with Crippen molar-refractivity contribution in [1.82, 2.24) is 20.3 Å². The van der Waals surface area contributed by atoms with Gasteiger partial charge < -0.3 is 19.5 Å². The number of ether oxygens (including phenoxy) is 3.